The summed E-state index contributed by atoms with van der Waals surface area (Å²) in [5.41, 5.74) is 1.02. The minimum atomic E-state index is -0.315. The third kappa shape index (κ3) is 3.80. The standard InChI is InChI=1S/C15H24N2OS/c1-15(2,3)14(18)16-10-13(12-6-9-19-11-12)17-7-4-5-8-17/h6,9,11,13H,4-5,7-8,10H2,1-3H3,(H,16,18). The third-order valence-electron chi connectivity index (χ3n) is 3.65. The van der Waals surface area contributed by atoms with Gasteiger partial charge in [0.2, 0.25) is 5.91 Å². The molecule has 0 bridgehead atoms. The van der Waals surface area contributed by atoms with Crippen LogP contribution >= 0.6 is 11.3 Å². The Hall–Kier alpha value is -0.870. The average Bonchev–Trinajstić information content (AvgIpc) is 3.00. The van der Waals surface area contributed by atoms with E-state index in [2.05, 4.69) is 27.0 Å². The van der Waals surface area contributed by atoms with Gasteiger partial charge >= 0.3 is 0 Å². The number of hydrogen-bond acceptors (Lipinski definition) is 3. The van der Waals surface area contributed by atoms with Crippen molar-refractivity contribution in [3.05, 3.63) is 22.4 Å². The molecule has 2 heterocycles. The first-order valence-electron chi connectivity index (χ1n) is 7.03. The largest absolute Gasteiger partial charge is 0.354 e. The number of nitrogens with zero attached hydrogens (tertiary/aromatic N) is 1. The zero-order valence-electron chi connectivity index (χ0n) is 12.1. The van der Waals surface area contributed by atoms with E-state index >= 15 is 0 Å². The molecule has 19 heavy (non-hydrogen) atoms. The molecule has 1 aliphatic rings. The molecule has 1 aromatic heterocycles. The van der Waals surface area contributed by atoms with E-state index in [1.165, 1.54) is 18.4 Å². The fourth-order valence-electron chi connectivity index (χ4n) is 2.43. The van der Waals surface area contributed by atoms with Crippen molar-refractivity contribution in [3.8, 4) is 0 Å². The van der Waals surface area contributed by atoms with E-state index in [-0.39, 0.29) is 11.3 Å². The van der Waals surface area contributed by atoms with Gasteiger partial charge in [-0.2, -0.15) is 11.3 Å². The van der Waals surface area contributed by atoms with E-state index in [1.54, 1.807) is 11.3 Å². The lowest BCUT2D eigenvalue weighted by atomic mass is 9.95. The zero-order valence-corrected chi connectivity index (χ0v) is 12.9. The second-order valence-electron chi connectivity index (χ2n) is 6.28. The van der Waals surface area contributed by atoms with Gasteiger partial charge in [0.05, 0.1) is 6.04 Å². The van der Waals surface area contributed by atoms with Crippen LogP contribution in [-0.2, 0) is 4.79 Å². The average molecular weight is 280 g/mol. The Balaban J connectivity index is 2.00. The molecule has 0 spiro atoms. The summed E-state index contributed by atoms with van der Waals surface area (Å²) < 4.78 is 0. The molecule has 0 aromatic carbocycles. The van der Waals surface area contributed by atoms with Gasteiger partial charge in [-0.25, -0.2) is 0 Å². The number of thiophene rings is 1. The van der Waals surface area contributed by atoms with Crippen LogP contribution in [0.1, 0.15) is 45.2 Å². The van der Waals surface area contributed by atoms with Crippen LogP contribution in [0.2, 0.25) is 0 Å². The van der Waals surface area contributed by atoms with Crippen LogP contribution in [0.25, 0.3) is 0 Å². The summed E-state index contributed by atoms with van der Waals surface area (Å²) in [6.45, 7) is 8.87. The molecule has 2 rings (SSSR count). The van der Waals surface area contributed by atoms with Crippen LogP contribution in [0.5, 0.6) is 0 Å². The Kier molecular flexibility index (Phi) is 4.63. The van der Waals surface area contributed by atoms with E-state index in [4.69, 9.17) is 0 Å². The third-order valence-corrected chi connectivity index (χ3v) is 4.35. The zero-order chi connectivity index (χ0) is 13.9. The minimum absolute atomic E-state index is 0.131. The Morgan fingerprint density at radius 2 is 2.11 bits per heavy atom. The second kappa shape index (κ2) is 6.06. The molecular weight excluding hydrogens is 256 g/mol. The van der Waals surface area contributed by atoms with Crippen molar-refractivity contribution in [2.24, 2.45) is 5.41 Å². The Morgan fingerprint density at radius 1 is 1.42 bits per heavy atom. The molecule has 1 N–H and O–H groups in total. The van der Waals surface area contributed by atoms with E-state index in [9.17, 15) is 4.79 Å². The van der Waals surface area contributed by atoms with Crippen molar-refractivity contribution in [1.29, 1.82) is 0 Å². The molecule has 4 heteroatoms. The predicted octanol–water partition coefficient (Wildman–Crippen LogP) is 3.05. The van der Waals surface area contributed by atoms with Gasteiger partial charge in [-0.05, 0) is 48.3 Å². The molecule has 0 saturated carbocycles. The van der Waals surface area contributed by atoms with Crippen LogP contribution in [0.15, 0.2) is 16.8 Å². The van der Waals surface area contributed by atoms with Crippen LogP contribution in [-0.4, -0.2) is 30.4 Å². The number of likely N-dealkylation sites (tertiary alicyclic amines) is 1. The highest BCUT2D eigenvalue weighted by molar-refractivity contribution is 7.07. The van der Waals surface area contributed by atoms with Crippen LogP contribution in [0, 0.1) is 5.41 Å². The summed E-state index contributed by atoms with van der Waals surface area (Å²) in [5, 5.41) is 7.43. The summed E-state index contributed by atoms with van der Waals surface area (Å²) in [4.78, 5) is 14.5. The van der Waals surface area contributed by atoms with E-state index in [1.807, 2.05) is 20.8 Å². The number of carbonyl (C=O) groups is 1. The maximum Gasteiger partial charge on any atom is 0.225 e. The van der Waals surface area contributed by atoms with Crippen molar-refractivity contribution < 1.29 is 4.79 Å². The van der Waals surface area contributed by atoms with Gasteiger partial charge in [-0.15, -0.1) is 0 Å². The summed E-state index contributed by atoms with van der Waals surface area (Å²) >= 11 is 1.73. The summed E-state index contributed by atoms with van der Waals surface area (Å²) in [7, 11) is 0. The number of rotatable bonds is 4. The smallest absolute Gasteiger partial charge is 0.225 e. The highest BCUT2D eigenvalue weighted by atomic mass is 32.1. The molecule has 0 radical (unpaired) electrons. The maximum atomic E-state index is 12.0. The molecule has 1 atom stereocenters. The van der Waals surface area contributed by atoms with Gasteiger partial charge in [0.25, 0.3) is 0 Å². The van der Waals surface area contributed by atoms with Crippen molar-refractivity contribution in [3.63, 3.8) is 0 Å². The first-order chi connectivity index (χ1) is 8.98. The highest BCUT2D eigenvalue weighted by Crippen LogP contribution is 2.26. The number of nitrogens with one attached hydrogen (secondary N) is 1. The summed E-state index contributed by atoms with van der Waals surface area (Å²) in [6.07, 6.45) is 2.54. The van der Waals surface area contributed by atoms with Gasteiger partial charge in [-0.3, -0.25) is 9.69 Å². The first kappa shape index (κ1) is 14.5. The van der Waals surface area contributed by atoms with Crippen LogP contribution < -0.4 is 5.32 Å². The molecule has 1 aromatic rings. The Morgan fingerprint density at radius 3 is 2.63 bits per heavy atom. The molecule has 3 nitrogen and oxygen atoms in total. The quantitative estimate of drug-likeness (QED) is 0.919. The number of carbonyl (C=O) groups excluding carboxylic acids is 1. The highest BCUT2D eigenvalue weighted by Gasteiger charge is 2.26. The van der Waals surface area contributed by atoms with E-state index < -0.39 is 0 Å². The van der Waals surface area contributed by atoms with Crippen LogP contribution in [0.4, 0.5) is 0 Å². The maximum absolute atomic E-state index is 12.0. The van der Waals surface area contributed by atoms with Crippen molar-refractivity contribution >= 4 is 17.2 Å². The Bertz CT molecular complexity index is 402. The van der Waals surface area contributed by atoms with E-state index in [0.717, 1.165) is 13.1 Å². The van der Waals surface area contributed by atoms with Crippen molar-refractivity contribution in [2.45, 2.75) is 39.7 Å². The van der Waals surface area contributed by atoms with Crippen molar-refractivity contribution in [2.75, 3.05) is 19.6 Å². The molecule has 1 aliphatic heterocycles. The topological polar surface area (TPSA) is 32.3 Å². The lowest BCUT2D eigenvalue weighted by molar-refractivity contribution is -0.128. The fraction of sp³-hybridized carbons (Fsp3) is 0.667. The molecule has 1 unspecified atom stereocenters. The summed E-state index contributed by atoms with van der Waals surface area (Å²) in [6, 6.07) is 2.51. The first-order valence-corrected chi connectivity index (χ1v) is 7.97. The summed E-state index contributed by atoms with van der Waals surface area (Å²) in [5.74, 6) is 0.131. The second-order valence-corrected chi connectivity index (χ2v) is 7.06. The molecule has 1 amide bonds. The number of hydrogen-bond donors (Lipinski definition) is 1. The van der Waals surface area contributed by atoms with Crippen LogP contribution in [0.3, 0.4) is 0 Å². The van der Waals surface area contributed by atoms with Gasteiger partial charge in [0, 0.05) is 12.0 Å². The predicted molar refractivity (Wildman–Crippen MR) is 80.3 cm³/mol. The minimum Gasteiger partial charge on any atom is -0.354 e. The molecule has 1 fully saturated rings. The molecule has 106 valence electrons. The lowest BCUT2D eigenvalue weighted by Crippen LogP contribution is -2.41. The fourth-order valence-corrected chi connectivity index (χ4v) is 3.14. The molecule has 1 saturated heterocycles. The monoisotopic (exact) mass is 280 g/mol. The molecular formula is C15H24N2OS. The van der Waals surface area contributed by atoms with Gasteiger partial charge in [0.1, 0.15) is 0 Å². The van der Waals surface area contributed by atoms with Gasteiger partial charge in [0.15, 0.2) is 0 Å². The Labute approximate surface area is 120 Å². The molecule has 0 aliphatic carbocycles. The van der Waals surface area contributed by atoms with Gasteiger partial charge in [-0.1, -0.05) is 20.8 Å². The van der Waals surface area contributed by atoms with E-state index in [0.29, 0.717) is 12.6 Å². The SMILES string of the molecule is CC(C)(C)C(=O)NCC(c1ccsc1)N1CCCC1. The lowest BCUT2D eigenvalue weighted by Gasteiger charge is -2.28. The number of amides is 1. The van der Waals surface area contributed by atoms with Crippen molar-refractivity contribution in [1.82, 2.24) is 10.2 Å². The van der Waals surface area contributed by atoms with Gasteiger partial charge < -0.3 is 5.32 Å². The normalized spacial score (nSPS) is 18.5.